The molecule has 5 rings (SSSR count). The maximum atomic E-state index is 13.4. The number of ether oxygens (including phenoxy) is 1. The Hall–Kier alpha value is -2.42. The van der Waals surface area contributed by atoms with E-state index >= 15 is 0 Å². The molecule has 0 aliphatic heterocycles. The zero-order chi connectivity index (χ0) is 20.2. The summed E-state index contributed by atoms with van der Waals surface area (Å²) >= 11 is 0. The molecular weight excluding hydrogens is 363 g/mol. The van der Waals surface area contributed by atoms with Crippen molar-refractivity contribution in [3.63, 3.8) is 0 Å². The monoisotopic (exact) mass is 390 g/mol. The van der Waals surface area contributed by atoms with Crippen LogP contribution in [0.25, 0.3) is 6.08 Å². The molecule has 2 aromatic carbocycles. The van der Waals surface area contributed by atoms with Crippen molar-refractivity contribution in [1.29, 1.82) is 0 Å². The average Bonchev–Trinajstić information content (AvgIpc) is 2.99. The molecule has 0 saturated heterocycles. The van der Waals surface area contributed by atoms with Gasteiger partial charge in [-0.3, -0.25) is 4.79 Å². The summed E-state index contributed by atoms with van der Waals surface area (Å²) in [6.07, 6.45) is 7.06. The first-order valence-electron chi connectivity index (χ1n) is 10.7. The quantitative estimate of drug-likeness (QED) is 0.592. The number of fused-ring (bicyclic) bond motifs is 5. The van der Waals surface area contributed by atoms with E-state index < -0.39 is 0 Å². The van der Waals surface area contributed by atoms with Gasteiger partial charge in [-0.05, 0) is 102 Å². The molecule has 0 radical (unpaired) electrons. The average molecular weight is 390 g/mol. The van der Waals surface area contributed by atoms with E-state index in [1.807, 2.05) is 6.08 Å². The molecular formula is C26H27FO2. The number of halogens is 1. The van der Waals surface area contributed by atoms with Crippen molar-refractivity contribution in [2.24, 2.45) is 17.3 Å². The molecule has 2 aromatic rings. The van der Waals surface area contributed by atoms with E-state index in [0.29, 0.717) is 23.5 Å². The van der Waals surface area contributed by atoms with Gasteiger partial charge in [0.05, 0.1) is 7.11 Å². The van der Waals surface area contributed by atoms with Crippen LogP contribution in [0.4, 0.5) is 4.39 Å². The second-order valence-electron chi connectivity index (χ2n) is 9.19. The third-order valence-corrected chi connectivity index (χ3v) is 7.78. The largest absolute Gasteiger partial charge is 0.497 e. The summed E-state index contributed by atoms with van der Waals surface area (Å²) in [5, 5.41) is 0. The Morgan fingerprint density at radius 3 is 2.69 bits per heavy atom. The summed E-state index contributed by atoms with van der Waals surface area (Å²) in [6.45, 7) is 2.19. The Balaban J connectivity index is 1.47. The van der Waals surface area contributed by atoms with Crippen molar-refractivity contribution in [2.45, 2.75) is 44.9 Å². The highest BCUT2D eigenvalue weighted by Crippen LogP contribution is 2.60. The van der Waals surface area contributed by atoms with Crippen LogP contribution in [0.2, 0.25) is 0 Å². The lowest BCUT2D eigenvalue weighted by molar-refractivity contribution is -0.127. The highest BCUT2D eigenvalue weighted by atomic mass is 19.1. The molecule has 0 aromatic heterocycles. The Labute approximate surface area is 171 Å². The van der Waals surface area contributed by atoms with Gasteiger partial charge in [0, 0.05) is 5.41 Å². The standard InChI is InChI=1S/C26H27FO2/c1-26-12-11-22-21-10-8-20(29-2)14-17(21)5-9-23(22)24(26)15-18(25(26)28)13-16-3-6-19(27)7-4-16/h3-4,6-8,10,13-14,22-24H,5,9,11-12,15H2,1-2H3/b18-13+. The number of carbonyl (C=O) groups is 1. The van der Waals surface area contributed by atoms with E-state index in [4.69, 9.17) is 4.74 Å². The van der Waals surface area contributed by atoms with E-state index in [1.165, 1.54) is 23.3 Å². The lowest BCUT2D eigenvalue weighted by Gasteiger charge is -2.48. The van der Waals surface area contributed by atoms with Crippen molar-refractivity contribution in [1.82, 2.24) is 0 Å². The summed E-state index contributed by atoms with van der Waals surface area (Å²) in [6, 6.07) is 13.0. The molecule has 0 bridgehead atoms. The first-order valence-corrected chi connectivity index (χ1v) is 10.7. The lowest BCUT2D eigenvalue weighted by atomic mass is 9.55. The van der Waals surface area contributed by atoms with E-state index in [0.717, 1.165) is 49.0 Å². The summed E-state index contributed by atoms with van der Waals surface area (Å²) in [5.41, 5.74) is 4.46. The molecule has 4 atom stereocenters. The SMILES string of the molecule is COc1ccc2c(c1)CCC1C2CCC2(C)C(=O)/C(=C/c3ccc(F)cc3)CC12. The first-order chi connectivity index (χ1) is 14.0. The first kappa shape index (κ1) is 18.6. The normalized spacial score (nSPS) is 31.9. The van der Waals surface area contributed by atoms with E-state index in [9.17, 15) is 9.18 Å². The summed E-state index contributed by atoms with van der Waals surface area (Å²) in [7, 11) is 1.72. The number of carbonyl (C=O) groups excluding carboxylic acids is 1. The highest BCUT2D eigenvalue weighted by Gasteiger charge is 2.56. The molecule has 3 aliphatic rings. The third kappa shape index (κ3) is 2.94. The van der Waals surface area contributed by atoms with Crippen molar-refractivity contribution < 1.29 is 13.9 Å². The van der Waals surface area contributed by atoms with Gasteiger partial charge in [-0.1, -0.05) is 25.1 Å². The molecule has 2 saturated carbocycles. The molecule has 2 nitrogen and oxygen atoms in total. The second-order valence-corrected chi connectivity index (χ2v) is 9.19. The molecule has 0 heterocycles. The summed E-state index contributed by atoms with van der Waals surface area (Å²) < 4.78 is 18.7. The lowest BCUT2D eigenvalue weighted by Crippen LogP contribution is -2.42. The van der Waals surface area contributed by atoms with Crippen LogP contribution >= 0.6 is 0 Å². The molecule has 29 heavy (non-hydrogen) atoms. The fourth-order valence-electron chi connectivity index (χ4n) is 6.25. The fraction of sp³-hybridized carbons (Fsp3) is 0.423. The van der Waals surface area contributed by atoms with Gasteiger partial charge in [-0.15, -0.1) is 0 Å². The third-order valence-electron chi connectivity index (χ3n) is 7.78. The number of ketones is 1. The zero-order valence-electron chi connectivity index (χ0n) is 17.1. The van der Waals surface area contributed by atoms with Crippen LogP contribution in [0, 0.1) is 23.1 Å². The van der Waals surface area contributed by atoms with Gasteiger partial charge < -0.3 is 4.74 Å². The number of Topliss-reactive ketones (excluding diaryl/α,β-unsaturated/α-hetero) is 1. The predicted octanol–water partition coefficient (Wildman–Crippen LogP) is 5.95. The Kier molecular flexibility index (Phi) is 4.38. The molecule has 150 valence electrons. The Bertz CT molecular complexity index is 990. The molecule has 0 amide bonds. The Morgan fingerprint density at radius 1 is 1.14 bits per heavy atom. The van der Waals surface area contributed by atoms with Gasteiger partial charge in [0.1, 0.15) is 11.6 Å². The van der Waals surface area contributed by atoms with Crippen LogP contribution < -0.4 is 4.74 Å². The minimum atomic E-state index is -0.253. The van der Waals surface area contributed by atoms with Crippen molar-refractivity contribution in [2.75, 3.05) is 7.11 Å². The van der Waals surface area contributed by atoms with Crippen LogP contribution in [0.5, 0.6) is 5.75 Å². The van der Waals surface area contributed by atoms with Crippen LogP contribution in [0.3, 0.4) is 0 Å². The second kappa shape index (κ2) is 6.83. The minimum Gasteiger partial charge on any atom is -0.497 e. The molecule has 3 aliphatic carbocycles. The number of allylic oxidation sites excluding steroid dienone is 1. The fourth-order valence-corrected chi connectivity index (χ4v) is 6.25. The van der Waals surface area contributed by atoms with Crippen LogP contribution in [0.15, 0.2) is 48.0 Å². The number of benzene rings is 2. The number of methoxy groups -OCH3 is 1. The molecule has 2 fully saturated rings. The maximum absolute atomic E-state index is 13.4. The van der Waals surface area contributed by atoms with E-state index in [2.05, 4.69) is 25.1 Å². The zero-order valence-corrected chi connectivity index (χ0v) is 17.1. The Morgan fingerprint density at radius 2 is 1.93 bits per heavy atom. The van der Waals surface area contributed by atoms with Gasteiger partial charge in [0.25, 0.3) is 0 Å². The van der Waals surface area contributed by atoms with Crippen LogP contribution in [0.1, 0.15) is 55.2 Å². The molecule has 0 spiro atoms. The summed E-state index contributed by atoms with van der Waals surface area (Å²) in [4.78, 5) is 13.4. The van der Waals surface area contributed by atoms with Gasteiger partial charge >= 0.3 is 0 Å². The number of aryl methyl sites for hydroxylation is 1. The number of hydrogen-bond acceptors (Lipinski definition) is 2. The van der Waals surface area contributed by atoms with Gasteiger partial charge in [-0.25, -0.2) is 4.39 Å². The van der Waals surface area contributed by atoms with Crippen molar-refractivity contribution in [3.8, 4) is 5.75 Å². The van der Waals surface area contributed by atoms with Crippen molar-refractivity contribution in [3.05, 3.63) is 70.5 Å². The topological polar surface area (TPSA) is 26.3 Å². The molecule has 4 unspecified atom stereocenters. The van der Waals surface area contributed by atoms with E-state index in [1.54, 1.807) is 19.2 Å². The smallest absolute Gasteiger partial charge is 0.165 e. The van der Waals surface area contributed by atoms with E-state index in [-0.39, 0.29) is 11.2 Å². The molecule has 0 N–H and O–H groups in total. The highest BCUT2D eigenvalue weighted by molar-refractivity contribution is 6.06. The van der Waals surface area contributed by atoms with Gasteiger partial charge in [0.2, 0.25) is 0 Å². The van der Waals surface area contributed by atoms with Gasteiger partial charge in [0.15, 0.2) is 5.78 Å². The number of rotatable bonds is 2. The predicted molar refractivity (Wildman–Crippen MR) is 112 cm³/mol. The van der Waals surface area contributed by atoms with Crippen molar-refractivity contribution >= 4 is 11.9 Å². The van der Waals surface area contributed by atoms with Gasteiger partial charge in [-0.2, -0.15) is 0 Å². The van der Waals surface area contributed by atoms with Crippen LogP contribution in [-0.4, -0.2) is 12.9 Å². The summed E-state index contributed by atoms with van der Waals surface area (Å²) in [5.74, 6) is 2.49. The minimum absolute atomic E-state index is 0.245. The molecule has 3 heteroatoms. The maximum Gasteiger partial charge on any atom is 0.165 e. The number of hydrogen-bond donors (Lipinski definition) is 0. The van der Waals surface area contributed by atoms with Crippen LogP contribution in [-0.2, 0) is 11.2 Å².